The summed E-state index contributed by atoms with van der Waals surface area (Å²) in [6, 6.07) is 12.4. The van der Waals surface area contributed by atoms with E-state index in [1.807, 2.05) is 41.2 Å². The number of aromatic nitrogens is 3. The van der Waals surface area contributed by atoms with E-state index >= 15 is 0 Å². The van der Waals surface area contributed by atoms with E-state index in [2.05, 4.69) is 15.1 Å². The van der Waals surface area contributed by atoms with Crippen LogP contribution >= 0.6 is 0 Å². The van der Waals surface area contributed by atoms with Crippen molar-refractivity contribution in [2.75, 3.05) is 31.1 Å². The first-order chi connectivity index (χ1) is 13.1. The summed E-state index contributed by atoms with van der Waals surface area (Å²) in [4.78, 5) is 16.4. The Kier molecular flexibility index (Phi) is 4.58. The van der Waals surface area contributed by atoms with Crippen molar-refractivity contribution in [3.63, 3.8) is 0 Å². The number of piperazine rings is 1. The van der Waals surface area contributed by atoms with Crippen molar-refractivity contribution in [3.05, 3.63) is 71.8 Å². The second kappa shape index (κ2) is 7.19. The number of rotatable bonds is 3. The smallest absolute Gasteiger partial charge is 0.254 e. The normalized spacial score (nSPS) is 14.4. The van der Waals surface area contributed by atoms with Crippen molar-refractivity contribution in [1.29, 1.82) is 0 Å². The van der Waals surface area contributed by atoms with Crippen LogP contribution in [0.5, 0.6) is 0 Å². The molecule has 0 bridgehead atoms. The lowest BCUT2D eigenvalue weighted by atomic mass is 10.1. The first-order valence-corrected chi connectivity index (χ1v) is 8.89. The van der Waals surface area contributed by atoms with Gasteiger partial charge in [0.25, 0.3) is 5.91 Å². The van der Waals surface area contributed by atoms with E-state index in [4.69, 9.17) is 0 Å². The molecule has 0 radical (unpaired) electrons. The van der Waals surface area contributed by atoms with Gasteiger partial charge >= 0.3 is 0 Å². The topological polar surface area (TPSA) is 54.3 Å². The molecule has 0 N–H and O–H groups in total. The molecule has 1 fully saturated rings. The van der Waals surface area contributed by atoms with Gasteiger partial charge in [0, 0.05) is 44.1 Å². The fourth-order valence-electron chi connectivity index (χ4n) is 3.16. The van der Waals surface area contributed by atoms with Gasteiger partial charge in [-0.2, -0.15) is 0 Å². The van der Waals surface area contributed by atoms with Crippen LogP contribution in [0.15, 0.2) is 54.9 Å². The summed E-state index contributed by atoms with van der Waals surface area (Å²) in [5.74, 6) is 1.07. The summed E-state index contributed by atoms with van der Waals surface area (Å²) in [5, 5.41) is 8.57. The molecule has 27 heavy (non-hydrogen) atoms. The van der Waals surface area contributed by atoms with Gasteiger partial charge in [-0.25, -0.2) is 4.39 Å². The lowest BCUT2D eigenvalue weighted by Crippen LogP contribution is -2.49. The summed E-state index contributed by atoms with van der Waals surface area (Å²) in [5.41, 5.74) is 0.931. The van der Waals surface area contributed by atoms with Gasteiger partial charge in [0.2, 0.25) is 0 Å². The number of hydrogen-bond acceptors (Lipinski definition) is 4. The van der Waals surface area contributed by atoms with E-state index in [-0.39, 0.29) is 11.7 Å². The maximum Gasteiger partial charge on any atom is 0.254 e. The molecule has 4 rings (SSSR count). The zero-order valence-electron chi connectivity index (χ0n) is 15.0. The van der Waals surface area contributed by atoms with Gasteiger partial charge < -0.3 is 14.4 Å². The Balaban J connectivity index is 1.39. The zero-order chi connectivity index (χ0) is 18.8. The molecule has 3 heterocycles. The molecule has 0 saturated carbocycles. The highest BCUT2D eigenvalue weighted by atomic mass is 19.1. The molecule has 0 atom stereocenters. The molecule has 1 aromatic carbocycles. The van der Waals surface area contributed by atoms with Gasteiger partial charge in [0.1, 0.15) is 5.82 Å². The maximum atomic E-state index is 13.7. The number of nitrogens with zero attached hydrogens (tertiary/aromatic N) is 5. The molecule has 0 unspecified atom stereocenters. The lowest BCUT2D eigenvalue weighted by molar-refractivity contribution is 0.0746. The Labute approximate surface area is 156 Å². The first-order valence-electron chi connectivity index (χ1n) is 8.89. The summed E-state index contributed by atoms with van der Waals surface area (Å²) in [6.07, 6.45) is 3.84. The van der Waals surface area contributed by atoms with Crippen LogP contribution in [0.3, 0.4) is 0 Å². The van der Waals surface area contributed by atoms with Gasteiger partial charge in [-0.15, -0.1) is 10.2 Å². The number of aryl methyl sites for hydroxylation is 1. The zero-order valence-corrected chi connectivity index (χ0v) is 15.0. The van der Waals surface area contributed by atoms with Crippen LogP contribution in [0.1, 0.15) is 15.9 Å². The standard InChI is InChI=1S/C20H20FN5O/c1-15-4-5-16(14-17(15)21)20(27)26-12-10-25(11-13-26)19-7-6-18(22-23-19)24-8-2-3-9-24/h2-9,14H,10-13H2,1H3. The van der Waals surface area contributed by atoms with Gasteiger partial charge in [-0.05, 0) is 48.9 Å². The molecule has 1 aliphatic rings. The van der Waals surface area contributed by atoms with E-state index in [0.29, 0.717) is 37.3 Å². The number of anilines is 1. The Hall–Kier alpha value is -3.22. The SMILES string of the molecule is Cc1ccc(C(=O)N2CCN(c3ccc(-n4cccc4)nn3)CC2)cc1F. The Morgan fingerprint density at radius 3 is 2.26 bits per heavy atom. The van der Waals surface area contributed by atoms with Gasteiger partial charge in [-0.3, -0.25) is 4.79 Å². The third-order valence-corrected chi connectivity index (χ3v) is 4.82. The van der Waals surface area contributed by atoms with Crippen molar-refractivity contribution in [1.82, 2.24) is 19.7 Å². The lowest BCUT2D eigenvalue weighted by Gasteiger charge is -2.35. The third-order valence-electron chi connectivity index (χ3n) is 4.82. The monoisotopic (exact) mass is 365 g/mol. The summed E-state index contributed by atoms with van der Waals surface area (Å²) in [6.45, 7) is 4.14. The molecule has 0 aliphatic carbocycles. The molecule has 1 saturated heterocycles. The van der Waals surface area contributed by atoms with Crippen LogP contribution in [0, 0.1) is 12.7 Å². The average molecular weight is 365 g/mol. The summed E-state index contributed by atoms with van der Waals surface area (Å²) >= 11 is 0. The second-order valence-electron chi connectivity index (χ2n) is 6.58. The molecule has 2 aromatic heterocycles. The highest BCUT2D eigenvalue weighted by Crippen LogP contribution is 2.17. The Morgan fingerprint density at radius 2 is 1.63 bits per heavy atom. The molecule has 3 aromatic rings. The van der Waals surface area contributed by atoms with Crippen LogP contribution in [-0.4, -0.2) is 51.8 Å². The van der Waals surface area contributed by atoms with E-state index in [9.17, 15) is 9.18 Å². The number of hydrogen-bond donors (Lipinski definition) is 0. The second-order valence-corrected chi connectivity index (χ2v) is 6.58. The van der Waals surface area contributed by atoms with Gasteiger partial charge in [-0.1, -0.05) is 6.07 Å². The van der Waals surface area contributed by atoms with Crippen LogP contribution in [0.25, 0.3) is 5.82 Å². The molecule has 0 spiro atoms. The minimum Gasteiger partial charge on any atom is -0.352 e. The van der Waals surface area contributed by atoms with Crippen LogP contribution in [0.4, 0.5) is 10.2 Å². The maximum absolute atomic E-state index is 13.7. The van der Waals surface area contributed by atoms with Crippen molar-refractivity contribution in [2.24, 2.45) is 0 Å². The van der Waals surface area contributed by atoms with Crippen LogP contribution in [-0.2, 0) is 0 Å². The van der Waals surface area contributed by atoms with Crippen molar-refractivity contribution < 1.29 is 9.18 Å². The van der Waals surface area contributed by atoms with Crippen LogP contribution < -0.4 is 4.90 Å². The minimum absolute atomic E-state index is 0.136. The predicted octanol–water partition coefficient (Wildman–Crippen LogP) is 2.68. The number of halogens is 1. The molecular weight excluding hydrogens is 345 g/mol. The number of carbonyl (C=O) groups is 1. The van der Waals surface area contributed by atoms with Crippen molar-refractivity contribution in [3.8, 4) is 5.82 Å². The number of carbonyl (C=O) groups excluding carboxylic acids is 1. The van der Waals surface area contributed by atoms with E-state index in [0.717, 1.165) is 11.6 Å². The summed E-state index contributed by atoms with van der Waals surface area (Å²) in [7, 11) is 0. The number of benzene rings is 1. The quantitative estimate of drug-likeness (QED) is 0.716. The fourth-order valence-corrected chi connectivity index (χ4v) is 3.16. The fraction of sp³-hybridized carbons (Fsp3) is 0.250. The van der Waals surface area contributed by atoms with Gasteiger partial charge in [0.15, 0.2) is 11.6 Å². The molecule has 7 heteroatoms. The van der Waals surface area contributed by atoms with E-state index < -0.39 is 0 Å². The predicted molar refractivity (Wildman–Crippen MR) is 101 cm³/mol. The molecule has 138 valence electrons. The molecule has 6 nitrogen and oxygen atoms in total. The van der Waals surface area contributed by atoms with Crippen molar-refractivity contribution in [2.45, 2.75) is 6.92 Å². The Morgan fingerprint density at radius 1 is 0.963 bits per heavy atom. The van der Waals surface area contributed by atoms with Gasteiger partial charge in [0.05, 0.1) is 0 Å². The van der Waals surface area contributed by atoms with Crippen molar-refractivity contribution >= 4 is 11.7 Å². The summed E-state index contributed by atoms with van der Waals surface area (Å²) < 4.78 is 15.6. The average Bonchev–Trinajstić information content (AvgIpc) is 3.25. The Bertz CT molecular complexity index is 932. The minimum atomic E-state index is -0.349. The highest BCUT2D eigenvalue weighted by molar-refractivity contribution is 5.94. The van der Waals surface area contributed by atoms with E-state index in [1.165, 1.54) is 6.07 Å². The molecular formula is C20H20FN5O. The number of amides is 1. The molecule has 1 aliphatic heterocycles. The highest BCUT2D eigenvalue weighted by Gasteiger charge is 2.23. The third kappa shape index (κ3) is 3.53. The largest absolute Gasteiger partial charge is 0.352 e. The molecule has 1 amide bonds. The van der Waals surface area contributed by atoms with Crippen LogP contribution in [0.2, 0.25) is 0 Å². The first kappa shape index (κ1) is 17.2. The van der Waals surface area contributed by atoms with E-state index in [1.54, 1.807) is 24.0 Å².